The Morgan fingerprint density at radius 1 is 1.42 bits per heavy atom. The number of hydrogen-bond donors (Lipinski definition) is 0. The van der Waals surface area contributed by atoms with Crippen molar-refractivity contribution in [2.24, 2.45) is 5.92 Å². The van der Waals surface area contributed by atoms with Gasteiger partial charge >= 0.3 is 0 Å². The summed E-state index contributed by atoms with van der Waals surface area (Å²) in [7, 11) is 4.06. The maximum absolute atomic E-state index is 13.2. The van der Waals surface area contributed by atoms with Crippen LogP contribution in [0.25, 0.3) is 0 Å². The third-order valence-corrected chi connectivity index (χ3v) is 4.30. The molecule has 1 heterocycles. The zero-order valence-corrected chi connectivity index (χ0v) is 12.9. The van der Waals surface area contributed by atoms with Gasteiger partial charge in [0.25, 0.3) is 5.91 Å². The van der Waals surface area contributed by atoms with Crippen LogP contribution in [0.2, 0.25) is 0 Å². The molecule has 5 heteroatoms. The zero-order valence-electron chi connectivity index (χ0n) is 11.4. The number of halogens is 2. The van der Waals surface area contributed by atoms with Crippen molar-refractivity contribution in [1.82, 2.24) is 9.80 Å². The fourth-order valence-corrected chi connectivity index (χ4v) is 2.98. The van der Waals surface area contributed by atoms with Crippen molar-refractivity contribution in [2.75, 3.05) is 27.2 Å². The minimum atomic E-state index is -0.350. The summed E-state index contributed by atoms with van der Waals surface area (Å²) < 4.78 is 13.5. The average molecular weight is 329 g/mol. The van der Waals surface area contributed by atoms with Crippen LogP contribution in [0.1, 0.15) is 17.3 Å². The Morgan fingerprint density at radius 2 is 2.11 bits per heavy atom. The zero-order chi connectivity index (χ0) is 14.2. The third kappa shape index (κ3) is 2.98. The number of carbonyl (C=O) groups is 1. The molecule has 3 nitrogen and oxygen atoms in total. The molecule has 1 aromatic carbocycles. The molecule has 2 rings (SSSR count). The van der Waals surface area contributed by atoms with E-state index in [-0.39, 0.29) is 11.7 Å². The molecule has 0 aliphatic carbocycles. The first kappa shape index (κ1) is 14.5. The summed E-state index contributed by atoms with van der Waals surface area (Å²) in [4.78, 5) is 16.4. The quantitative estimate of drug-likeness (QED) is 0.833. The summed E-state index contributed by atoms with van der Waals surface area (Å²) in [6.07, 6.45) is 0. The summed E-state index contributed by atoms with van der Waals surface area (Å²) in [6, 6.07) is 4.79. The van der Waals surface area contributed by atoms with Gasteiger partial charge in [-0.25, -0.2) is 4.39 Å². The van der Waals surface area contributed by atoms with Crippen LogP contribution in [0.4, 0.5) is 4.39 Å². The first-order valence-corrected chi connectivity index (χ1v) is 7.10. The van der Waals surface area contributed by atoms with E-state index in [0.29, 0.717) is 22.0 Å². The van der Waals surface area contributed by atoms with E-state index >= 15 is 0 Å². The van der Waals surface area contributed by atoms with E-state index < -0.39 is 0 Å². The molecule has 0 radical (unpaired) electrons. The molecule has 1 aromatic rings. The maximum Gasteiger partial charge on any atom is 0.253 e. The molecule has 1 aliphatic heterocycles. The molecule has 2 atom stereocenters. The highest BCUT2D eigenvalue weighted by atomic mass is 79.9. The third-order valence-electron chi connectivity index (χ3n) is 3.69. The van der Waals surface area contributed by atoms with Gasteiger partial charge in [0, 0.05) is 24.7 Å². The molecule has 0 aromatic heterocycles. The highest BCUT2D eigenvalue weighted by Gasteiger charge is 2.33. The standard InChI is InChI=1S/C14H18BrFN2O/c1-9-7-18(8-13(9)17(2)3)14(19)10-4-5-12(16)11(15)6-10/h4-6,9,13H,7-8H2,1-3H3. The molecule has 1 saturated heterocycles. The van der Waals surface area contributed by atoms with Crippen molar-refractivity contribution >= 4 is 21.8 Å². The minimum Gasteiger partial charge on any atom is -0.337 e. The van der Waals surface area contributed by atoms with Crippen LogP contribution in [0, 0.1) is 11.7 Å². The lowest BCUT2D eigenvalue weighted by atomic mass is 10.1. The monoisotopic (exact) mass is 328 g/mol. The smallest absolute Gasteiger partial charge is 0.253 e. The van der Waals surface area contributed by atoms with E-state index in [0.717, 1.165) is 13.1 Å². The average Bonchev–Trinajstić information content (AvgIpc) is 2.74. The summed E-state index contributed by atoms with van der Waals surface area (Å²) >= 11 is 3.12. The Kier molecular flexibility index (Phi) is 4.26. The van der Waals surface area contributed by atoms with Crippen molar-refractivity contribution in [3.05, 3.63) is 34.1 Å². The molecule has 0 bridgehead atoms. The Morgan fingerprint density at radius 3 is 2.63 bits per heavy atom. The van der Waals surface area contributed by atoms with E-state index in [1.165, 1.54) is 12.1 Å². The number of rotatable bonds is 2. The van der Waals surface area contributed by atoms with Crippen molar-refractivity contribution in [1.29, 1.82) is 0 Å². The van der Waals surface area contributed by atoms with Gasteiger partial charge in [-0.1, -0.05) is 6.92 Å². The first-order valence-electron chi connectivity index (χ1n) is 6.31. The lowest BCUT2D eigenvalue weighted by Crippen LogP contribution is -2.35. The topological polar surface area (TPSA) is 23.6 Å². The molecule has 1 amide bonds. The van der Waals surface area contributed by atoms with Gasteiger partial charge in [-0.3, -0.25) is 4.79 Å². The lowest BCUT2D eigenvalue weighted by molar-refractivity contribution is 0.0781. The Hall–Kier alpha value is -0.940. The molecule has 0 saturated carbocycles. The summed E-state index contributed by atoms with van der Waals surface area (Å²) in [6.45, 7) is 3.62. The van der Waals surface area contributed by atoms with E-state index in [9.17, 15) is 9.18 Å². The molecular formula is C14H18BrFN2O. The highest BCUT2D eigenvalue weighted by Crippen LogP contribution is 2.23. The lowest BCUT2D eigenvalue weighted by Gasteiger charge is -2.22. The van der Waals surface area contributed by atoms with E-state index in [1.54, 1.807) is 6.07 Å². The second kappa shape index (κ2) is 5.59. The predicted molar refractivity (Wildman–Crippen MR) is 76.6 cm³/mol. The largest absolute Gasteiger partial charge is 0.337 e. The number of nitrogens with zero attached hydrogens (tertiary/aromatic N) is 2. The Bertz CT molecular complexity index is 492. The molecule has 2 unspecified atom stereocenters. The van der Waals surface area contributed by atoms with Crippen LogP contribution in [-0.2, 0) is 0 Å². The number of hydrogen-bond acceptors (Lipinski definition) is 2. The number of carbonyl (C=O) groups excluding carboxylic acids is 1. The van der Waals surface area contributed by atoms with Crippen molar-refractivity contribution in [3.63, 3.8) is 0 Å². The highest BCUT2D eigenvalue weighted by molar-refractivity contribution is 9.10. The van der Waals surface area contributed by atoms with Crippen LogP contribution in [-0.4, -0.2) is 48.9 Å². The second-order valence-electron chi connectivity index (χ2n) is 5.35. The van der Waals surface area contributed by atoms with Crippen LogP contribution < -0.4 is 0 Å². The van der Waals surface area contributed by atoms with Gasteiger partial charge in [-0.2, -0.15) is 0 Å². The molecule has 0 N–H and O–H groups in total. The van der Waals surface area contributed by atoms with Crippen LogP contribution in [0.15, 0.2) is 22.7 Å². The minimum absolute atomic E-state index is 0.0306. The van der Waals surface area contributed by atoms with E-state index in [1.807, 2.05) is 19.0 Å². The van der Waals surface area contributed by atoms with Gasteiger partial charge in [-0.05, 0) is 54.1 Å². The Balaban J connectivity index is 2.15. The van der Waals surface area contributed by atoms with Gasteiger partial charge in [-0.15, -0.1) is 0 Å². The number of likely N-dealkylation sites (tertiary alicyclic amines) is 1. The molecule has 0 spiro atoms. The van der Waals surface area contributed by atoms with Crippen molar-refractivity contribution in [2.45, 2.75) is 13.0 Å². The van der Waals surface area contributed by atoms with Gasteiger partial charge < -0.3 is 9.80 Å². The fraction of sp³-hybridized carbons (Fsp3) is 0.500. The van der Waals surface area contributed by atoms with Gasteiger partial charge in [0.1, 0.15) is 5.82 Å². The summed E-state index contributed by atoms with van der Waals surface area (Å²) in [5.41, 5.74) is 0.528. The second-order valence-corrected chi connectivity index (χ2v) is 6.20. The molecule has 1 fully saturated rings. The van der Waals surface area contributed by atoms with Gasteiger partial charge in [0.2, 0.25) is 0 Å². The number of benzene rings is 1. The van der Waals surface area contributed by atoms with Crippen molar-refractivity contribution < 1.29 is 9.18 Å². The van der Waals surface area contributed by atoms with Crippen LogP contribution in [0.5, 0.6) is 0 Å². The number of likely N-dealkylation sites (N-methyl/N-ethyl adjacent to an activating group) is 1. The van der Waals surface area contributed by atoms with Crippen molar-refractivity contribution in [3.8, 4) is 0 Å². The van der Waals surface area contributed by atoms with Crippen LogP contribution >= 0.6 is 15.9 Å². The van der Waals surface area contributed by atoms with Gasteiger partial charge in [0.05, 0.1) is 4.47 Å². The number of amides is 1. The van der Waals surface area contributed by atoms with Crippen LogP contribution in [0.3, 0.4) is 0 Å². The fourth-order valence-electron chi connectivity index (χ4n) is 2.60. The first-order chi connectivity index (χ1) is 8.90. The molecule has 1 aliphatic rings. The summed E-state index contributed by atoms with van der Waals surface area (Å²) in [5.74, 6) is 0.0669. The predicted octanol–water partition coefficient (Wildman–Crippen LogP) is 2.61. The molecule has 19 heavy (non-hydrogen) atoms. The normalized spacial score (nSPS) is 23.2. The Labute approximate surface area is 121 Å². The molecular weight excluding hydrogens is 311 g/mol. The SMILES string of the molecule is CC1CN(C(=O)c2ccc(F)c(Br)c2)CC1N(C)C. The maximum atomic E-state index is 13.2. The summed E-state index contributed by atoms with van der Waals surface area (Å²) in [5, 5.41) is 0. The van der Waals surface area contributed by atoms with Gasteiger partial charge in [0.15, 0.2) is 0 Å². The van der Waals surface area contributed by atoms with E-state index in [2.05, 4.69) is 27.8 Å². The molecule has 104 valence electrons. The van der Waals surface area contributed by atoms with E-state index in [4.69, 9.17) is 0 Å².